The zero-order valence-electron chi connectivity index (χ0n) is 7.55. The Morgan fingerprint density at radius 1 is 1.07 bits per heavy atom. The van der Waals surface area contributed by atoms with Gasteiger partial charge in [0.1, 0.15) is 18.3 Å². The Morgan fingerprint density at radius 2 is 1.60 bits per heavy atom. The van der Waals surface area contributed by atoms with Crippen LogP contribution in [0.3, 0.4) is 0 Å². The van der Waals surface area contributed by atoms with E-state index in [1.165, 1.54) is 0 Å². The summed E-state index contributed by atoms with van der Waals surface area (Å²) >= 11 is 0. The summed E-state index contributed by atoms with van der Waals surface area (Å²) in [6.07, 6.45) is -5.13. The van der Waals surface area contributed by atoms with Crippen LogP contribution in [0.5, 0.6) is 0 Å². The van der Waals surface area contributed by atoms with Crippen LogP contribution in [0.25, 0.3) is 0 Å². The van der Waals surface area contributed by atoms with E-state index < -0.39 is 46.5 Å². The molecule has 1 saturated heterocycles. The first-order valence-electron chi connectivity index (χ1n) is 4.16. The van der Waals surface area contributed by atoms with Crippen molar-refractivity contribution in [2.45, 2.75) is 29.7 Å². The maximum Gasteiger partial charge on any atom is 0.283 e. The minimum absolute atomic E-state index is 0.642. The molecule has 0 amide bonds. The molecule has 9 heteroatoms. The fourth-order valence-electron chi connectivity index (χ4n) is 1.45. The molecular formula is C6H13NO7S. The molecule has 0 radical (unpaired) electrons. The Bertz CT molecular complexity index is 315. The highest BCUT2D eigenvalue weighted by atomic mass is 32.2. The van der Waals surface area contributed by atoms with Gasteiger partial charge in [0.2, 0.25) is 0 Å². The van der Waals surface area contributed by atoms with E-state index in [1.807, 2.05) is 0 Å². The molecule has 1 heterocycles. The van der Waals surface area contributed by atoms with Crippen molar-refractivity contribution in [3.8, 4) is 0 Å². The Kier molecular flexibility index (Phi) is 3.66. The first-order chi connectivity index (χ1) is 6.79. The van der Waals surface area contributed by atoms with Gasteiger partial charge in [-0.2, -0.15) is 8.42 Å². The van der Waals surface area contributed by atoms with Crippen LogP contribution in [-0.2, 0) is 10.1 Å². The summed E-state index contributed by atoms with van der Waals surface area (Å²) in [6.45, 7) is -0.642. The van der Waals surface area contributed by atoms with Gasteiger partial charge in [-0.25, -0.2) is 0 Å². The maximum atomic E-state index is 10.8. The average Bonchev–Trinajstić information content (AvgIpc) is 2.13. The summed E-state index contributed by atoms with van der Waals surface area (Å²) in [5.74, 6) is 0. The predicted octanol–water partition coefficient (Wildman–Crippen LogP) is -3.75. The number of aliphatic hydroxyl groups excluding tert-OH is 4. The second-order valence-electron chi connectivity index (χ2n) is 3.36. The monoisotopic (exact) mass is 243 g/mol. The van der Waals surface area contributed by atoms with Crippen LogP contribution in [0.1, 0.15) is 0 Å². The molecule has 5 atom stereocenters. The number of aliphatic hydroxyl groups is 4. The Hall–Kier alpha value is -0.290. The van der Waals surface area contributed by atoms with Gasteiger partial charge in [-0.3, -0.25) is 9.87 Å². The molecule has 0 bridgehead atoms. The maximum absolute atomic E-state index is 10.8. The fourth-order valence-corrected chi connectivity index (χ4v) is 2.31. The molecule has 1 aliphatic rings. The Balaban J connectivity index is 2.93. The van der Waals surface area contributed by atoms with Crippen LogP contribution < -0.4 is 5.32 Å². The normalized spacial score (nSPS) is 42.9. The lowest BCUT2D eigenvalue weighted by atomic mass is 9.96. The molecule has 0 aliphatic carbocycles. The van der Waals surface area contributed by atoms with Crippen molar-refractivity contribution in [2.75, 3.05) is 6.61 Å². The van der Waals surface area contributed by atoms with Crippen LogP contribution in [0.4, 0.5) is 0 Å². The van der Waals surface area contributed by atoms with E-state index in [4.69, 9.17) is 9.66 Å². The predicted molar refractivity (Wildman–Crippen MR) is 47.4 cm³/mol. The molecule has 0 spiro atoms. The minimum Gasteiger partial charge on any atom is -0.395 e. The van der Waals surface area contributed by atoms with E-state index in [1.54, 1.807) is 0 Å². The third-order valence-corrected chi connectivity index (χ3v) is 3.37. The van der Waals surface area contributed by atoms with E-state index >= 15 is 0 Å². The molecular weight excluding hydrogens is 230 g/mol. The van der Waals surface area contributed by atoms with Gasteiger partial charge in [-0.1, -0.05) is 0 Å². The lowest BCUT2D eigenvalue weighted by Crippen LogP contribution is -2.67. The van der Waals surface area contributed by atoms with Gasteiger partial charge < -0.3 is 20.4 Å². The summed E-state index contributed by atoms with van der Waals surface area (Å²) in [6, 6.07) is -1.13. The molecule has 6 N–H and O–H groups in total. The second kappa shape index (κ2) is 4.29. The van der Waals surface area contributed by atoms with Gasteiger partial charge in [0.15, 0.2) is 5.37 Å². The number of nitrogens with one attached hydrogen (secondary N) is 1. The van der Waals surface area contributed by atoms with Crippen LogP contribution in [0.15, 0.2) is 0 Å². The highest BCUT2D eigenvalue weighted by molar-refractivity contribution is 7.86. The van der Waals surface area contributed by atoms with E-state index in [2.05, 4.69) is 5.32 Å². The summed E-state index contributed by atoms with van der Waals surface area (Å²) in [5.41, 5.74) is 0. The quantitative estimate of drug-likeness (QED) is 0.271. The number of hydrogen-bond acceptors (Lipinski definition) is 7. The van der Waals surface area contributed by atoms with Gasteiger partial charge in [0.05, 0.1) is 12.6 Å². The average molecular weight is 243 g/mol. The van der Waals surface area contributed by atoms with Crippen molar-refractivity contribution >= 4 is 10.1 Å². The van der Waals surface area contributed by atoms with Crippen LogP contribution in [0.2, 0.25) is 0 Å². The van der Waals surface area contributed by atoms with Crippen molar-refractivity contribution < 1.29 is 33.4 Å². The Morgan fingerprint density at radius 3 is 2.00 bits per heavy atom. The van der Waals surface area contributed by atoms with Gasteiger partial charge in [-0.15, -0.1) is 0 Å². The summed E-state index contributed by atoms with van der Waals surface area (Å²) in [4.78, 5) is 0. The van der Waals surface area contributed by atoms with E-state index in [9.17, 15) is 23.7 Å². The van der Waals surface area contributed by atoms with E-state index in [0.29, 0.717) is 0 Å². The van der Waals surface area contributed by atoms with Crippen molar-refractivity contribution in [1.29, 1.82) is 0 Å². The summed E-state index contributed by atoms with van der Waals surface area (Å²) < 4.78 is 30.2. The largest absolute Gasteiger partial charge is 0.395 e. The summed E-state index contributed by atoms with van der Waals surface area (Å²) in [7, 11) is -4.62. The minimum atomic E-state index is -4.62. The van der Waals surface area contributed by atoms with Crippen molar-refractivity contribution in [2.24, 2.45) is 0 Å². The van der Waals surface area contributed by atoms with Gasteiger partial charge in [0, 0.05) is 0 Å². The highest BCUT2D eigenvalue weighted by Crippen LogP contribution is 2.18. The number of piperidine rings is 1. The molecule has 0 aromatic carbocycles. The van der Waals surface area contributed by atoms with Crippen molar-refractivity contribution in [3.63, 3.8) is 0 Å². The Labute approximate surface area is 85.9 Å². The van der Waals surface area contributed by atoms with Gasteiger partial charge in [0.25, 0.3) is 10.1 Å². The van der Waals surface area contributed by atoms with Gasteiger partial charge >= 0.3 is 0 Å². The smallest absolute Gasteiger partial charge is 0.283 e. The third kappa shape index (κ3) is 2.45. The molecule has 90 valence electrons. The van der Waals surface area contributed by atoms with Gasteiger partial charge in [-0.05, 0) is 0 Å². The van der Waals surface area contributed by atoms with Crippen LogP contribution >= 0.6 is 0 Å². The molecule has 0 aromatic heterocycles. The molecule has 1 unspecified atom stereocenters. The highest BCUT2D eigenvalue weighted by Gasteiger charge is 2.47. The molecule has 0 aromatic rings. The number of hydrogen-bond donors (Lipinski definition) is 6. The van der Waals surface area contributed by atoms with Crippen molar-refractivity contribution in [3.05, 3.63) is 0 Å². The molecule has 15 heavy (non-hydrogen) atoms. The van der Waals surface area contributed by atoms with Crippen molar-refractivity contribution in [1.82, 2.24) is 5.32 Å². The third-order valence-electron chi connectivity index (χ3n) is 2.32. The first kappa shape index (κ1) is 12.8. The SMILES string of the molecule is O=S(=O)(O)C1N[C@H](CO)[C@@H](O)[C@H](O)[C@H]1O. The molecule has 8 nitrogen and oxygen atoms in total. The van der Waals surface area contributed by atoms with Crippen LogP contribution in [-0.4, -0.2) is 69.7 Å². The molecule has 1 aliphatic heterocycles. The second-order valence-corrected chi connectivity index (χ2v) is 4.90. The summed E-state index contributed by atoms with van der Waals surface area (Å²) in [5, 5.41) is 36.9. The van der Waals surface area contributed by atoms with E-state index in [0.717, 1.165) is 0 Å². The fraction of sp³-hybridized carbons (Fsp3) is 1.00. The first-order valence-corrected chi connectivity index (χ1v) is 5.66. The molecule has 1 rings (SSSR count). The zero-order chi connectivity index (χ0) is 11.8. The standard InChI is InChI=1S/C6H13NO7S/c8-1-2-3(9)4(10)5(11)6(7-2)15(12,13)14/h2-11H,1H2,(H,12,13,14)/t2-,3-,4+,5-,6?/m1/s1. The molecule has 1 fully saturated rings. The van der Waals surface area contributed by atoms with Crippen LogP contribution in [0, 0.1) is 0 Å². The number of rotatable bonds is 2. The molecule has 0 saturated carbocycles. The lowest BCUT2D eigenvalue weighted by Gasteiger charge is -2.39. The lowest BCUT2D eigenvalue weighted by molar-refractivity contribution is -0.108. The topological polar surface area (TPSA) is 147 Å². The van der Waals surface area contributed by atoms with E-state index in [-0.39, 0.29) is 0 Å². The zero-order valence-corrected chi connectivity index (χ0v) is 8.37.